The van der Waals surface area contributed by atoms with Crippen molar-refractivity contribution in [3.63, 3.8) is 0 Å². The van der Waals surface area contributed by atoms with Crippen LogP contribution in [0.2, 0.25) is 0 Å². The summed E-state index contributed by atoms with van der Waals surface area (Å²) in [4.78, 5) is 4.72. The van der Waals surface area contributed by atoms with Crippen molar-refractivity contribution in [2.75, 3.05) is 0 Å². The first-order valence-electron chi connectivity index (χ1n) is 10.7. The molecule has 3 heteroatoms. The Morgan fingerprint density at radius 3 is 1.97 bits per heavy atom. The van der Waals surface area contributed by atoms with Crippen molar-refractivity contribution in [3.05, 3.63) is 121 Å². The molecule has 1 aliphatic heterocycles. The van der Waals surface area contributed by atoms with Crippen LogP contribution in [0, 0.1) is 0 Å². The molecule has 0 amide bonds. The van der Waals surface area contributed by atoms with E-state index < -0.39 is 7.14 Å². The van der Waals surface area contributed by atoms with Gasteiger partial charge in [0.1, 0.15) is 0 Å². The van der Waals surface area contributed by atoms with E-state index >= 15 is 4.57 Å². The number of benzene rings is 4. The second kappa shape index (κ2) is 7.44. The molecule has 1 aliphatic rings. The molecule has 0 aliphatic carbocycles. The lowest BCUT2D eigenvalue weighted by molar-refractivity contribution is 0.592. The Labute approximate surface area is 187 Å². The van der Waals surface area contributed by atoms with Gasteiger partial charge in [0, 0.05) is 33.2 Å². The molecule has 0 bridgehead atoms. The fourth-order valence-corrected chi connectivity index (χ4v) is 7.76. The second-order valence-corrected chi connectivity index (χ2v) is 10.7. The van der Waals surface area contributed by atoms with Crippen molar-refractivity contribution in [1.29, 1.82) is 0 Å². The third-order valence-corrected chi connectivity index (χ3v) is 9.30. The standard InChI is InChI=1S/C29H20NOP/c31-32(23-13-8-12-22(20-23)21-10-2-1-3-11-21)27-17-6-4-14-24(27)25-16-9-19-30-29(25)26-15-5-7-18-28(26)32/h1-20H. The van der Waals surface area contributed by atoms with Gasteiger partial charge in [0.15, 0.2) is 7.14 Å². The van der Waals surface area contributed by atoms with E-state index in [4.69, 9.17) is 4.98 Å². The minimum Gasteiger partial charge on any atom is -0.309 e. The van der Waals surface area contributed by atoms with Crippen LogP contribution in [0.15, 0.2) is 121 Å². The molecule has 0 saturated heterocycles. The number of nitrogens with zero attached hydrogens (tertiary/aromatic N) is 1. The Kier molecular flexibility index (Phi) is 4.41. The van der Waals surface area contributed by atoms with Crippen molar-refractivity contribution in [1.82, 2.24) is 4.98 Å². The first kappa shape index (κ1) is 19.0. The van der Waals surface area contributed by atoms with Crippen LogP contribution in [0.4, 0.5) is 0 Å². The van der Waals surface area contributed by atoms with E-state index in [2.05, 4.69) is 36.4 Å². The van der Waals surface area contributed by atoms with E-state index in [1.807, 2.05) is 85.1 Å². The van der Waals surface area contributed by atoms with E-state index in [9.17, 15) is 0 Å². The van der Waals surface area contributed by atoms with Crippen molar-refractivity contribution < 1.29 is 4.57 Å². The second-order valence-electron chi connectivity index (χ2n) is 7.96. The molecule has 2 nitrogen and oxygen atoms in total. The Balaban J connectivity index is 1.71. The fourth-order valence-electron chi connectivity index (χ4n) is 4.68. The van der Waals surface area contributed by atoms with Crippen LogP contribution in [0.3, 0.4) is 0 Å². The van der Waals surface area contributed by atoms with Gasteiger partial charge >= 0.3 is 0 Å². The first-order chi connectivity index (χ1) is 15.8. The number of rotatable bonds is 2. The topological polar surface area (TPSA) is 30.0 Å². The molecular formula is C29H20NOP. The Hall–Kier alpha value is -3.74. The Bertz CT molecular complexity index is 1440. The van der Waals surface area contributed by atoms with E-state index in [1.165, 1.54) is 0 Å². The lowest BCUT2D eigenvalue weighted by Gasteiger charge is -2.22. The summed E-state index contributed by atoms with van der Waals surface area (Å²) >= 11 is 0. The average Bonchev–Trinajstić information content (AvgIpc) is 2.98. The summed E-state index contributed by atoms with van der Waals surface area (Å²) in [5, 5.41) is 2.55. The maximum atomic E-state index is 15.3. The minimum atomic E-state index is -3.16. The van der Waals surface area contributed by atoms with Gasteiger partial charge in [-0.3, -0.25) is 4.98 Å². The number of hydrogen-bond acceptors (Lipinski definition) is 2. The summed E-state index contributed by atoms with van der Waals surface area (Å²) in [6, 6.07) is 38.6. The van der Waals surface area contributed by atoms with E-state index in [-0.39, 0.29) is 0 Å². The summed E-state index contributed by atoms with van der Waals surface area (Å²) in [5.74, 6) is 0. The normalized spacial score (nSPS) is 16.4. The summed E-state index contributed by atoms with van der Waals surface area (Å²) in [6.07, 6.45) is 1.81. The highest BCUT2D eigenvalue weighted by molar-refractivity contribution is 7.85. The molecule has 0 spiro atoms. The summed E-state index contributed by atoms with van der Waals surface area (Å²) in [6.45, 7) is 0. The predicted octanol–water partition coefficient (Wildman–Crippen LogP) is 6.04. The molecule has 1 aromatic heterocycles. The molecule has 6 rings (SSSR count). The molecule has 4 aromatic carbocycles. The fraction of sp³-hybridized carbons (Fsp3) is 0. The van der Waals surface area contributed by atoms with Gasteiger partial charge in [0.05, 0.1) is 5.69 Å². The minimum absolute atomic E-state index is 0.839. The van der Waals surface area contributed by atoms with E-state index in [1.54, 1.807) is 0 Å². The number of aromatic nitrogens is 1. The van der Waals surface area contributed by atoms with Crippen molar-refractivity contribution >= 4 is 23.1 Å². The van der Waals surface area contributed by atoms with Crippen LogP contribution >= 0.6 is 7.14 Å². The molecular weight excluding hydrogens is 409 g/mol. The third kappa shape index (κ3) is 2.81. The van der Waals surface area contributed by atoms with Crippen LogP contribution in [0.5, 0.6) is 0 Å². The molecule has 1 atom stereocenters. The molecule has 0 N–H and O–H groups in total. The number of fused-ring (bicyclic) bond motifs is 5. The quantitative estimate of drug-likeness (QED) is 0.314. The van der Waals surface area contributed by atoms with Crippen LogP contribution in [0.1, 0.15) is 0 Å². The first-order valence-corrected chi connectivity index (χ1v) is 12.4. The van der Waals surface area contributed by atoms with Crippen LogP contribution in [-0.2, 0) is 4.57 Å². The van der Waals surface area contributed by atoms with Gasteiger partial charge in [-0.15, -0.1) is 0 Å². The lowest BCUT2D eigenvalue weighted by atomic mass is 10.00. The predicted molar refractivity (Wildman–Crippen MR) is 133 cm³/mol. The molecule has 2 heterocycles. The molecule has 32 heavy (non-hydrogen) atoms. The molecule has 152 valence electrons. The van der Waals surface area contributed by atoms with E-state index in [0.717, 1.165) is 49.4 Å². The average molecular weight is 429 g/mol. The van der Waals surface area contributed by atoms with Crippen molar-refractivity contribution in [3.8, 4) is 33.5 Å². The Morgan fingerprint density at radius 2 is 1.16 bits per heavy atom. The highest BCUT2D eigenvalue weighted by Gasteiger charge is 2.37. The lowest BCUT2D eigenvalue weighted by Crippen LogP contribution is -2.26. The summed E-state index contributed by atoms with van der Waals surface area (Å²) in [7, 11) is -3.16. The monoisotopic (exact) mass is 429 g/mol. The van der Waals surface area contributed by atoms with Gasteiger partial charge in [-0.25, -0.2) is 0 Å². The van der Waals surface area contributed by atoms with Gasteiger partial charge in [-0.05, 0) is 28.8 Å². The maximum Gasteiger partial charge on any atom is 0.172 e. The summed E-state index contributed by atoms with van der Waals surface area (Å²) in [5.41, 5.74) is 6.00. The Morgan fingerprint density at radius 1 is 0.531 bits per heavy atom. The van der Waals surface area contributed by atoms with Gasteiger partial charge in [0.25, 0.3) is 0 Å². The van der Waals surface area contributed by atoms with Crippen LogP contribution < -0.4 is 15.9 Å². The maximum absolute atomic E-state index is 15.3. The van der Waals surface area contributed by atoms with Crippen LogP contribution in [0.25, 0.3) is 33.5 Å². The molecule has 5 aromatic rings. The van der Waals surface area contributed by atoms with E-state index in [0.29, 0.717) is 0 Å². The highest BCUT2D eigenvalue weighted by atomic mass is 31.2. The van der Waals surface area contributed by atoms with Gasteiger partial charge in [-0.2, -0.15) is 0 Å². The van der Waals surface area contributed by atoms with Gasteiger partial charge < -0.3 is 4.57 Å². The molecule has 0 saturated carbocycles. The number of pyridine rings is 1. The van der Waals surface area contributed by atoms with Gasteiger partial charge in [-0.1, -0.05) is 103 Å². The SMILES string of the molecule is O=P1(c2cccc(-c3ccccc3)c2)c2ccccc2-c2cccnc2-c2ccccc21. The third-order valence-electron chi connectivity index (χ3n) is 6.16. The highest BCUT2D eigenvalue weighted by Crippen LogP contribution is 2.51. The largest absolute Gasteiger partial charge is 0.309 e. The zero-order valence-corrected chi connectivity index (χ0v) is 18.2. The van der Waals surface area contributed by atoms with Gasteiger partial charge in [0.2, 0.25) is 0 Å². The molecule has 0 fully saturated rings. The smallest absolute Gasteiger partial charge is 0.172 e. The molecule has 0 radical (unpaired) electrons. The van der Waals surface area contributed by atoms with Crippen LogP contribution in [-0.4, -0.2) is 4.98 Å². The zero-order valence-electron chi connectivity index (χ0n) is 17.3. The van der Waals surface area contributed by atoms with Crippen molar-refractivity contribution in [2.45, 2.75) is 0 Å². The number of hydrogen-bond donors (Lipinski definition) is 0. The molecule has 1 unspecified atom stereocenters. The van der Waals surface area contributed by atoms with Crippen molar-refractivity contribution in [2.24, 2.45) is 0 Å². The zero-order chi connectivity index (χ0) is 21.5. The summed E-state index contributed by atoms with van der Waals surface area (Å²) < 4.78 is 15.3.